The number of hydrogen-bond acceptors (Lipinski definition) is 7. The monoisotopic (exact) mass is 348 g/mol. The molecule has 0 aromatic heterocycles. The Kier molecular flexibility index (Phi) is 8.09. The van der Waals surface area contributed by atoms with Gasteiger partial charge in [-0.1, -0.05) is 25.1 Å². The number of rotatable bonds is 4. The molecule has 134 valence electrons. The molecule has 0 bridgehead atoms. The number of carbonyl (C=O) groups excluding carboxylic acids is 4. The molecule has 25 heavy (non-hydrogen) atoms. The maximum Gasteiger partial charge on any atom is 0.373 e. The lowest BCUT2D eigenvalue weighted by atomic mass is 9.79. The van der Waals surface area contributed by atoms with Gasteiger partial charge in [-0.05, 0) is 18.6 Å². The van der Waals surface area contributed by atoms with Crippen LogP contribution in [-0.4, -0.2) is 38.4 Å². The van der Waals surface area contributed by atoms with E-state index < -0.39 is 11.9 Å². The van der Waals surface area contributed by atoms with E-state index in [4.69, 9.17) is 23.8 Å². The molecular weight excluding hydrogens is 328 g/mol. The molecule has 2 rings (SSSR count). The number of esters is 2. The molecule has 0 aliphatic carbocycles. The average molecular weight is 348 g/mol. The molecule has 2 unspecified atom stereocenters. The van der Waals surface area contributed by atoms with Crippen molar-refractivity contribution in [1.29, 1.82) is 0 Å². The van der Waals surface area contributed by atoms with E-state index in [-0.39, 0.29) is 24.6 Å². The third-order valence-electron chi connectivity index (χ3n) is 3.71. The largest absolute Gasteiger partial charge is 0.489 e. The first kappa shape index (κ1) is 20.1. The van der Waals surface area contributed by atoms with Crippen molar-refractivity contribution in [3.63, 3.8) is 0 Å². The fourth-order valence-corrected chi connectivity index (χ4v) is 2.70. The Morgan fingerprint density at radius 2 is 2.00 bits per heavy atom. The second-order valence-electron chi connectivity index (χ2n) is 5.17. The zero-order valence-electron chi connectivity index (χ0n) is 14.3. The molecule has 0 fully saturated rings. The van der Waals surface area contributed by atoms with E-state index in [0.29, 0.717) is 6.61 Å². The lowest BCUT2D eigenvalue weighted by Gasteiger charge is -2.31. The van der Waals surface area contributed by atoms with Crippen LogP contribution in [0.3, 0.4) is 0 Å². The highest BCUT2D eigenvalue weighted by Gasteiger charge is 2.34. The molecule has 1 aliphatic rings. The fraction of sp³-hybridized carbons (Fsp3) is 0.389. The van der Waals surface area contributed by atoms with Gasteiger partial charge in [0.2, 0.25) is 0 Å². The van der Waals surface area contributed by atoms with Gasteiger partial charge in [0.25, 0.3) is 0 Å². The molecule has 0 radical (unpaired) electrons. The predicted molar refractivity (Wildman–Crippen MR) is 85.6 cm³/mol. The zero-order chi connectivity index (χ0) is 18.8. The molecule has 1 aromatic rings. The van der Waals surface area contributed by atoms with E-state index in [1.54, 1.807) is 13.8 Å². The topological polar surface area (TPSA) is 96.0 Å². The van der Waals surface area contributed by atoms with E-state index in [9.17, 15) is 9.59 Å². The second kappa shape index (κ2) is 10.1. The highest BCUT2D eigenvalue weighted by Crippen LogP contribution is 2.41. The molecule has 0 saturated carbocycles. The standard InChI is InChI=1S/C17H20O5.CO2/c1-4-21-15(18)9-12-10-22-14-8-6-5-7-13(14)16(12)11(2)17(19)20-3;2-1-3/h5-9,11,16H,4,10H2,1-3H3;. The molecule has 0 amide bonds. The number of fused-ring (bicyclic) bond motifs is 1. The normalized spacial score (nSPS) is 17.7. The second-order valence-corrected chi connectivity index (χ2v) is 5.17. The summed E-state index contributed by atoms with van der Waals surface area (Å²) in [5.74, 6) is -0.708. The van der Waals surface area contributed by atoms with Gasteiger partial charge < -0.3 is 14.2 Å². The van der Waals surface area contributed by atoms with Gasteiger partial charge in [-0.2, -0.15) is 9.59 Å². The molecule has 7 nitrogen and oxygen atoms in total. The Morgan fingerprint density at radius 1 is 1.36 bits per heavy atom. The number of benzene rings is 1. The summed E-state index contributed by atoms with van der Waals surface area (Å²) in [6, 6.07) is 7.51. The van der Waals surface area contributed by atoms with Crippen LogP contribution in [0.5, 0.6) is 5.75 Å². The number of hydrogen-bond donors (Lipinski definition) is 0. The highest BCUT2D eigenvalue weighted by atomic mass is 16.5. The minimum Gasteiger partial charge on any atom is -0.489 e. The fourth-order valence-electron chi connectivity index (χ4n) is 2.70. The summed E-state index contributed by atoms with van der Waals surface area (Å²) in [6.45, 7) is 4.09. The molecule has 0 N–H and O–H groups in total. The van der Waals surface area contributed by atoms with Crippen LogP contribution in [0.4, 0.5) is 0 Å². The first-order chi connectivity index (χ1) is 12.0. The van der Waals surface area contributed by atoms with Gasteiger partial charge in [0.1, 0.15) is 12.4 Å². The van der Waals surface area contributed by atoms with E-state index in [1.807, 2.05) is 24.3 Å². The molecule has 7 heteroatoms. The maximum absolute atomic E-state index is 12.0. The summed E-state index contributed by atoms with van der Waals surface area (Å²) >= 11 is 0. The summed E-state index contributed by atoms with van der Waals surface area (Å²) < 4.78 is 15.5. The Labute approximate surface area is 145 Å². The molecule has 0 spiro atoms. The van der Waals surface area contributed by atoms with E-state index in [0.717, 1.165) is 16.9 Å². The quantitative estimate of drug-likeness (QED) is 0.605. The van der Waals surface area contributed by atoms with Gasteiger partial charge >= 0.3 is 18.1 Å². The molecule has 1 aromatic carbocycles. The summed E-state index contributed by atoms with van der Waals surface area (Å²) in [6.07, 6.45) is 1.67. The van der Waals surface area contributed by atoms with E-state index in [2.05, 4.69) is 0 Å². The van der Waals surface area contributed by atoms with Crippen molar-refractivity contribution >= 4 is 18.1 Å². The van der Waals surface area contributed by atoms with Gasteiger partial charge in [-0.3, -0.25) is 4.79 Å². The SMILES string of the molecule is CCOC(=O)C=C1COc2ccccc2C1C(C)C(=O)OC.O=C=O. The third-order valence-corrected chi connectivity index (χ3v) is 3.71. The van der Waals surface area contributed by atoms with Crippen molar-refractivity contribution in [1.82, 2.24) is 0 Å². The molecular formula is C18H20O7. The average Bonchev–Trinajstić information content (AvgIpc) is 2.61. The maximum atomic E-state index is 12.0. The van der Waals surface area contributed by atoms with Crippen molar-refractivity contribution in [2.45, 2.75) is 19.8 Å². The van der Waals surface area contributed by atoms with Crippen LogP contribution in [0.1, 0.15) is 25.3 Å². The molecule has 0 saturated heterocycles. The van der Waals surface area contributed by atoms with Gasteiger partial charge in [0.15, 0.2) is 0 Å². The van der Waals surface area contributed by atoms with Crippen LogP contribution in [0.2, 0.25) is 0 Å². The minimum absolute atomic E-state index is 0.250. The number of carbonyl (C=O) groups is 2. The van der Waals surface area contributed by atoms with Gasteiger partial charge in [-0.15, -0.1) is 0 Å². The van der Waals surface area contributed by atoms with Crippen LogP contribution in [-0.2, 0) is 28.7 Å². The summed E-state index contributed by atoms with van der Waals surface area (Å²) in [5.41, 5.74) is 1.59. The van der Waals surface area contributed by atoms with Crippen LogP contribution in [0.15, 0.2) is 35.9 Å². The molecule has 1 aliphatic heterocycles. The van der Waals surface area contributed by atoms with Crippen LogP contribution >= 0.6 is 0 Å². The van der Waals surface area contributed by atoms with Gasteiger partial charge in [0, 0.05) is 17.6 Å². The van der Waals surface area contributed by atoms with Crippen molar-refractivity contribution in [2.75, 3.05) is 20.3 Å². The summed E-state index contributed by atoms with van der Waals surface area (Å²) in [4.78, 5) is 40.0. The van der Waals surface area contributed by atoms with E-state index >= 15 is 0 Å². The lowest BCUT2D eigenvalue weighted by molar-refractivity contribution is -0.191. The summed E-state index contributed by atoms with van der Waals surface area (Å²) in [7, 11) is 1.36. The smallest absolute Gasteiger partial charge is 0.373 e. The number of methoxy groups -OCH3 is 1. The minimum atomic E-state index is -0.428. The lowest BCUT2D eigenvalue weighted by Crippen LogP contribution is -2.28. The Hall–Kier alpha value is -2.92. The Morgan fingerprint density at radius 3 is 2.60 bits per heavy atom. The first-order valence-electron chi connectivity index (χ1n) is 7.66. The highest BCUT2D eigenvalue weighted by molar-refractivity contribution is 5.84. The Balaban J connectivity index is 0.000000970. The van der Waals surface area contributed by atoms with Crippen molar-refractivity contribution in [3.05, 3.63) is 41.5 Å². The molecule has 1 heterocycles. The van der Waals surface area contributed by atoms with Crippen molar-refractivity contribution < 1.29 is 33.4 Å². The van der Waals surface area contributed by atoms with Crippen LogP contribution < -0.4 is 4.74 Å². The predicted octanol–water partition coefficient (Wildman–Crippen LogP) is 1.88. The van der Waals surface area contributed by atoms with Gasteiger partial charge in [0.05, 0.1) is 19.6 Å². The van der Waals surface area contributed by atoms with E-state index in [1.165, 1.54) is 13.2 Å². The van der Waals surface area contributed by atoms with Gasteiger partial charge in [-0.25, -0.2) is 4.79 Å². The number of para-hydroxylation sites is 1. The van der Waals surface area contributed by atoms with Crippen molar-refractivity contribution in [2.24, 2.45) is 5.92 Å². The van der Waals surface area contributed by atoms with Crippen LogP contribution in [0.25, 0.3) is 0 Å². The first-order valence-corrected chi connectivity index (χ1v) is 7.66. The van der Waals surface area contributed by atoms with Crippen molar-refractivity contribution in [3.8, 4) is 5.75 Å². The summed E-state index contributed by atoms with van der Waals surface area (Å²) in [5, 5.41) is 0. The third kappa shape index (κ3) is 5.29. The number of ether oxygens (including phenoxy) is 3. The Bertz CT molecular complexity index is 672. The zero-order valence-corrected chi connectivity index (χ0v) is 14.3. The molecule has 2 atom stereocenters. The van der Waals surface area contributed by atoms with Crippen LogP contribution in [0, 0.1) is 5.92 Å².